The average molecular weight is 396 g/mol. The molecule has 0 aliphatic carbocycles. The van der Waals surface area contributed by atoms with Gasteiger partial charge in [-0.25, -0.2) is 0 Å². The molecular weight excluding hydrogens is 377 g/mol. The molecule has 0 spiro atoms. The van der Waals surface area contributed by atoms with Gasteiger partial charge in [-0.15, -0.1) is 11.8 Å². The van der Waals surface area contributed by atoms with Crippen LogP contribution in [0.5, 0.6) is 0 Å². The molecule has 0 saturated heterocycles. The highest BCUT2D eigenvalue weighted by molar-refractivity contribution is 8.08. The quantitative estimate of drug-likeness (QED) is 0.695. The highest BCUT2D eigenvalue weighted by Gasteiger charge is 2.35. The van der Waals surface area contributed by atoms with Gasteiger partial charge in [-0.2, -0.15) is 18.3 Å². The van der Waals surface area contributed by atoms with Gasteiger partial charge in [-0.1, -0.05) is 18.7 Å². The van der Waals surface area contributed by atoms with Crippen LogP contribution in [0.3, 0.4) is 0 Å². The number of aryl methyl sites for hydroxylation is 1. The number of aromatic nitrogens is 3. The molecule has 2 heterocycles. The fraction of sp³-hybridized carbons (Fsp3) is 0.278. The number of allylic oxidation sites excluding steroid dienone is 2. The van der Waals surface area contributed by atoms with Crippen LogP contribution in [0.4, 0.5) is 13.2 Å². The van der Waals surface area contributed by atoms with Crippen molar-refractivity contribution in [3.63, 3.8) is 0 Å². The van der Waals surface area contributed by atoms with Crippen molar-refractivity contribution in [3.8, 4) is 0 Å². The number of thioether (sulfide) groups is 1. The predicted molar refractivity (Wildman–Crippen MR) is 99.8 cm³/mol. The van der Waals surface area contributed by atoms with Gasteiger partial charge in [0, 0.05) is 30.9 Å². The number of hydrogen-bond acceptors (Lipinski definition) is 4. The molecule has 0 radical (unpaired) electrons. The van der Waals surface area contributed by atoms with Crippen LogP contribution in [-0.4, -0.2) is 33.0 Å². The van der Waals surface area contributed by atoms with E-state index in [1.54, 1.807) is 12.4 Å². The SMILES string of the molecule is C=C/C=C(\SCC(=O)NCCc1cccnc1)c1cc(C(F)(F)F)n(C)n1. The first kappa shape index (κ1) is 20.8. The fourth-order valence-electron chi connectivity index (χ4n) is 2.25. The van der Waals surface area contributed by atoms with Crippen LogP contribution in [0.1, 0.15) is 17.0 Å². The highest BCUT2D eigenvalue weighted by Crippen LogP contribution is 2.33. The predicted octanol–water partition coefficient (Wildman–Crippen LogP) is 3.45. The van der Waals surface area contributed by atoms with Crippen molar-refractivity contribution < 1.29 is 18.0 Å². The summed E-state index contributed by atoms with van der Waals surface area (Å²) in [6.45, 7) is 4.01. The highest BCUT2D eigenvalue weighted by atomic mass is 32.2. The third-order valence-electron chi connectivity index (χ3n) is 3.51. The molecule has 9 heteroatoms. The lowest BCUT2D eigenvalue weighted by molar-refractivity contribution is -0.143. The zero-order valence-corrected chi connectivity index (χ0v) is 15.5. The summed E-state index contributed by atoms with van der Waals surface area (Å²) in [5, 5.41) is 6.67. The van der Waals surface area contributed by atoms with Gasteiger partial charge < -0.3 is 5.32 Å². The maximum Gasteiger partial charge on any atom is 0.433 e. The van der Waals surface area contributed by atoms with E-state index < -0.39 is 11.9 Å². The average Bonchev–Trinajstić information content (AvgIpc) is 3.01. The third kappa shape index (κ3) is 6.28. The van der Waals surface area contributed by atoms with Crippen LogP contribution in [0, 0.1) is 0 Å². The minimum Gasteiger partial charge on any atom is -0.355 e. The number of nitrogens with one attached hydrogen (secondary N) is 1. The van der Waals surface area contributed by atoms with Gasteiger partial charge in [0.1, 0.15) is 5.69 Å². The Labute approximate surface area is 159 Å². The van der Waals surface area contributed by atoms with Gasteiger partial charge >= 0.3 is 6.18 Å². The van der Waals surface area contributed by atoms with Crippen molar-refractivity contribution in [2.75, 3.05) is 12.3 Å². The minimum absolute atomic E-state index is 0.0602. The Morgan fingerprint density at radius 3 is 2.81 bits per heavy atom. The summed E-state index contributed by atoms with van der Waals surface area (Å²) in [7, 11) is 1.23. The molecule has 2 aromatic rings. The van der Waals surface area contributed by atoms with Crippen LogP contribution in [-0.2, 0) is 24.4 Å². The standard InChI is InChI=1S/C18H19F3N4OS/c1-3-5-15(14-10-16(18(19,20)21)25(2)24-14)27-12-17(26)23-9-7-13-6-4-8-22-11-13/h3-6,8,10-11H,1,7,9,12H2,2H3,(H,23,26)/b15-5-. The smallest absolute Gasteiger partial charge is 0.355 e. The molecule has 144 valence electrons. The molecule has 0 aromatic carbocycles. The molecule has 0 fully saturated rings. The van der Waals surface area contributed by atoms with E-state index in [1.165, 1.54) is 19.2 Å². The van der Waals surface area contributed by atoms with E-state index in [-0.39, 0.29) is 17.4 Å². The van der Waals surface area contributed by atoms with Gasteiger partial charge in [-0.3, -0.25) is 14.5 Å². The molecular formula is C18H19F3N4OS. The Bertz CT molecular complexity index is 816. The molecule has 0 unspecified atom stereocenters. The second-order valence-electron chi connectivity index (χ2n) is 5.55. The lowest BCUT2D eigenvalue weighted by Crippen LogP contribution is -2.27. The molecule has 2 aromatic heterocycles. The summed E-state index contributed by atoms with van der Waals surface area (Å²) in [6.07, 6.45) is 2.54. The molecule has 0 aliphatic heterocycles. The van der Waals surface area contributed by atoms with Gasteiger partial charge in [0.05, 0.1) is 11.4 Å². The second kappa shape index (κ2) is 9.40. The summed E-state index contributed by atoms with van der Waals surface area (Å²) in [6, 6.07) is 4.70. The first-order chi connectivity index (χ1) is 12.8. The van der Waals surface area contributed by atoms with Crippen LogP contribution in [0.15, 0.2) is 49.3 Å². The molecule has 0 saturated carbocycles. The number of amides is 1. The number of carbonyl (C=O) groups excluding carboxylic acids is 1. The lowest BCUT2D eigenvalue weighted by Gasteiger charge is -2.06. The van der Waals surface area contributed by atoms with Gasteiger partial charge in [0.15, 0.2) is 0 Å². The maximum absolute atomic E-state index is 12.9. The normalized spacial score (nSPS) is 12.1. The summed E-state index contributed by atoms with van der Waals surface area (Å²) >= 11 is 1.11. The summed E-state index contributed by atoms with van der Waals surface area (Å²) in [4.78, 5) is 16.4. The van der Waals surface area contributed by atoms with Crippen LogP contribution >= 0.6 is 11.8 Å². The molecule has 0 aliphatic rings. The largest absolute Gasteiger partial charge is 0.433 e. The topological polar surface area (TPSA) is 59.8 Å². The van der Waals surface area contributed by atoms with E-state index >= 15 is 0 Å². The van der Waals surface area contributed by atoms with Crippen molar-refractivity contribution in [3.05, 3.63) is 66.3 Å². The number of rotatable bonds is 8. The van der Waals surface area contributed by atoms with Gasteiger partial charge in [-0.05, 0) is 30.2 Å². The van der Waals surface area contributed by atoms with Crippen molar-refractivity contribution in [2.45, 2.75) is 12.6 Å². The molecule has 1 N–H and O–H groups in total. The lowest BCUT2D eigenvalue weighted by atomic mass is 10.2. The van der Waals surface area contributed by atoms with Gasteiger partial charge in [0.2, 0.25) is 5.91 Å². The first-order valence-electron chi connectivity index (χ1n) is 8.04. The Morgan fingerprint density at radius 1 is 1.44 bits per heavy atom. The van der Waals surface area contributed by atoms with Crippen LogP contribution in [0.25, 0.3) is 4.91 Å². The van der Waals surface area contributed by atoms with Gasteiger partial charge in [0.25, 0.3) is 0 Å². The third-order valence-corrected chi connectivity index (χ3v) is 4.57. The van der Waals surface area contributed by atoms with Crippen molar-refractivity contribution >= 4 is 22.6 Å². The summed E-state index contributed by atoms with van der Waals surface area (Å²) in [5.74, 6) is -0.157. The molecule has 5 nitrogen and oxygen atoms in total. The number of hydrogen-bond donors (Lipinski definition) is 1. The number of alkyl halides is 3. The maximum atomic E-state index is 12.9. The summed E-state index contributed by atoms with van der Waals surface area (Å²) in [5.41, 5.74) is 0.303. The monoisotopic (exact) mass is 396 g/mol. The molecule has 2 rings (SSSR count). The van der Waals surface area contributed by atoms with E-state index in [4.69, 9.17) is 0 Å². The van der Waals surface area contributed by atoms with Crippen molar-refractivity contribution in [1.29, 1.82) is 0 Å². The number of pyridine rings is 1. The van der Waals surface area contributed by atoms with Crippen molar-refractivity contribution in [1.82, 2.24) is 20.1 Å². The summed E-state index contributed by atoms with van der Waals surface area (Å²) < 4.78 is 39.6. The van der Waals surface area contributed by atoms with E-state index in [1.807, 2.05) is 12.1 Å². The number of halogens is 3. The number of carbonyl (C=O) groups is 1. The van der Waals surface area contributed by atoms with E-state index in [0.29, 0.717) is 17.9 Å². The van der Waals surface area contributed by atoms with Crippen LogP contribution < -0.4 is 5.32 Å². The first-order valence-corrected chi connectivity index (χ1v) is 9.02. The second-order valence-corrected chi connectivity index (χ2v) is 6.57. The zero-order chi connectivity index (χ0) is 19.9. The Hall–Kier alpha value is -2.55. The molecule has 1 amide bonds. The van der Waals surface area contributed by atoms with Crippen molar-refractivity contribution in [2.24, 2.45) is 7.05 Å². The molecule has 0 atom stereocenters. The van der Waals surface area contributed by atoms with E-state index in [2.05, 4.69) is 22.0 Å². The van der Waals surface area contributed by atoms with Crippen LogP contribution in [0.2, 0.25) is 0 Å². The Balaban J connectivity index is 1.92. The van der Waals surface area contributed by atoms with E-state index in [9.17, 15) is 18.0 Å². The zero-order valence-electron chi connectivity index (χ0n) is 14.7. The molecule has 0 bridgehead atoms. The Morgan fingerprint density at radius 2 is 2.22 bits per heavy atom. The number of nitrogens with zero attached hydrogens (tertiary/aromatic N) is 3. The Kier molecular flexibility index (Phi) is 7.23. The fourth-order valence-corrected chi connectivity index (χ4v) is 3.08. The minimum atomic E-state index is -4.49. The van der Waals surface area contributed by atoms with E-state index in [0.717, 1.165) is 28.1 Å². The molecule has 27 heavy (non-hydrogen) atoms.